The summed E-state index contributed by atoms with van der Waals surface area (Å²) in [6, 6.07) is 9.35. The molecule has 2 aromatic carbocycles. The maximum Gasteiger partial charge on any atom is 0.417 e. The number of benzene rings is 2. The molecule has 12 heteroatoms. The second-order valence-corrected chi connectivity index (χ2v) is 7.97. The van der Waals surface area contributed by atoms with Crippen molar-refractivity contribution < 1.29 is 31.9 Å². The number of rotatable bonds is 5. The van der Waals surface area contributed by atoms with E-state index in [4.69, 9.17) is 4.74 Å². The van der Waals surface area contributed by atoms with Gasteiger partial charge in [0.25, 0.3) is 11.5 Å². The Labute approximate surface area is 198 Å². The summed E-state index contributed by atoms with van der Waals surface area (Å²) in [7, 11) is 0. The van der Waals surface area contributed by atoms with Gasteiger partial charge < -0.3 is 10.1 Å². The number of aromatic nitrogens is 2. The van der Waals surface area contributed by atoms with Crippen molar-refractivity contribution in [1.82, 2.24) is 9.78 Å². The molecule has 0 aliphatic carbocycles. The van der Waals surface area contributed by atoms with Crippen LogP contribution in [0.2, 0.25) is 0 Å². The highest BCUT2D eigenvalue weighted by Gasteiger charge is 2.35. The highest BCUT2D eigenvalue weighted by atomic mass is 32.1. The Kier molecular flexibility index (Phi) is 6.39. The Bertz CT molecular complexity index is 1510. The number of amides is 1. The fourth-order valence-corrected chi connectivity index (χ4v) is 4.31. The summed E-state index contributed by atoms with van der Waals surface area (Å²) in [6.07, 6.45) is -4.79. The number of hydrogen-bond donors (Lipinski definition) is 1. The third-order valence-electron chi connectivity index (χ3n) is 4.91. The minimum Gasteiger partial charge on any atom is -0.461 e. The number of hydrogen-bond acceptors (Lipinski definition) is 6. The molecule has 0 spiro atoms. The van der Waals surface area contributed by atoms with Gasteiger partial charge in [0.2, 0.25) is 0 Å². The lowest BCUT2D eigenvalue weighted by molar-refractivity contribution is -0.137. The molecule has 1 N–H and O–H groups in total. The summed E-state index contributed by atoms with van der Waals surface area (Å²) in [4.78, 5) is 38.6. The maximum atomic E-state index is 14.5. The van der Waals surface area contributed by atoms with E-state index in [1.165, 1.54) is 29.6 Å². The number of anilines is 1. The van der Waals surface area contributed by atoms with Crippen LogP contribution in [0.3, 0.4) is 0 Å². The quantitative estimate of drug-likeness (QED) is 0.303. The summed E-state index contributed by atoms with van der Waals surface area (Å²) >= 11 is 0.803. The molecule has 0 aliphatic rings. The number of nitrogens with zero attached hydrogens (tertiary/aromatic N) is 2. The third-order valence-corrected chi connectivity index (χ3v) is 5.80. The average Bonchev–Trinajstić information content (AvgIpc) is 3.23. The van der Waals surface area contributed by atoms with Gasteiger partial charge in [-0.15, -0.1) is 11.3 Å². The van der Waals surface area contributed by atoms with Crippen molar-refractivity contribution in [2.45, 2.75) is 13.1 Å². The van der Waals surface area contributed by atoms with Crippen molar-refractivity contribution in [2.75, 3.05) is 11.9 Å². The van der Waals surface area contributed by atoms with Gasteiger partial charge in [-0.1, -0.05) is 24.3 Å². The Hall–Kier alpha value is -4.06. The largest absolute Gasteiger partial charge is 0.461 e. The number of ether oxygens (including phenoxy) is 1. The standard InChI is InChI=1S/C23H15F4N3O4S/c1-2-34-22(33)18-13-11-35-20(28-19(31)12-7-3-4-8-14(12)23(25,26)27)17(13)21(32)30(29-18)16-10-6-5-9-15(16)24/h3-11H,2H2,1H3,(H,28,31). The number of thiophene rings is 1. The average molecular weight is 505 g/mol. The molecule has 0 aliphatic heterocycles. The van der Waals surface area contributed by atoms with Gasteiger partial charge >= 0.3 is 12.1 Å². The molecular weight excluding hydrogens is 490 g/mol. The molecule has 7 nitrogen and oxygen atoms in total. The lowest BCUT2D eigenvalue weighted by Crippen LogP contribution is -2.26. The van der Waals surface area contributed by atoms with Gasteiger partial charge in [0.1, 0.15) is 16.5 Å². The Morgan fingerprint density at radius 1 is 1.11 bits per heavy atom. The Morgan fingerprint density at radius 2 is 1.80 bits per heavy atom. The van der Waals surface area contributed by atoms with Crippen LogP contribution in [0.5, 0.6) is 0 Å². The van der Waals surface area contributed by atoms with Gasteiger partial charge in [-0.05, 0) is 31.2 Å². The Morgan fingerprint density at radius 3 is 2.49 bits per heavy atom. The van der Waals surface area contributed by atoms with Crippen molar-refractivity contribution in [2.24, 2.45) is 0 Å². The predicted octanol–water partition coefficient (Wildman–Crippen LogP) is 5.03. The minimum atomic E-state index is -4.79. The van der Waals surface area contributed by atoms with Crippen LogP contribution >= 0.6 is 11.3 Å². The van der Waals surface area contributed by atoms with Gasteiger partial charge in [-0.2, -0.15) is 23.0 Å². The molecule has 0 fully saturated rings. The summed E-state index contributed by atoms with van der Waals surface area (Å²) < 4.78 is 60.2. The van der Waals surface area contributed by atoms with Gasteiger partial charge in [0.05, 0.1) is 23.1 Å². The van der Waals surface area contributed by atoms with Crippen LogP contribution in [0.15, 0.2) is 58.7 Å². The molecular formula is C23H15F4N3O4S. The first-order valence-electron chi connectivity index (χ1n) is 10.1. The number of alkyl halides is 3. The second-order valence-electron chi connectivity index (χ2n) is 7.09. The van der Waals surface area contributed by atoms with Crippen molar-refractivity contribution >= 4 is 39.0 Å². The van der Waals surface area contributed by atoms with E-state index in [9.17, 15) is 31.9 Å². The molecule has 0 unspecified atom stereocenters. The van der Waals surface area contributed by atoms with E-state index in [-0.39, 0.29) is 33.8 Å². The first-order valence-corrected chi connectivity index (χ1v) is 11.0. The molecule has 1 amide bonds. The molecule has 0 saturated carbocycles. The second kappa shape index (κ2) is 9.29. The van der Waals surface area contributed by atoms with Crippen LogP contribution in [0.25, 0.3) is 16.5 Å². The van der Waals surface area contributed by atoms with Crippen LogP contribution in [-0.4, -0.2) is 28.3 Å². The molecule has 0 bridgehead atoms. The molecule has 0 saturated heterocycles. The Balaban J connectivity index is 1.90. The number of halogens is 4. The highest BCUT2D eigenvalue weighted by molar-refractivity contribution is 7.16. The summed E-state index contributed by atoms with van der Waals surface area (Å²) in [5.41, 5.74) is -3.29. The van der Waals surface area contributed by atoms with Crippen LogP contribution in [0, 0.1) is 5.82 Å². The number of carbonyl (C=O) groups is 2. The fourth-order valence-electron chi connectivity index (χ4n) is 3.38. The predicted molar refractivity (Wildman–Crippen MR) is 121 cm³/mol. The van der Waals surface area contributed by atoms with E-state index in [1.807, 2.05) is 0 Å². The molecule has 2 aromatic heterocycles. The van der Waals surface area contributed by atoms with Crippen molar-refractivity contribution in [3.05, 3.63) is 86.9 Å². The molecule has 2 heterocycles. The number of para-hydroxylation sites is 1. The molecule has 4 rings (SSSR count). The molecule has 35 heavy (non-hydrogen) atoms. The molecule has 4 aromatic rings. The number of carbonyl (C=O) groups excluding carboxylic acids is 2. The topological polar surface area (TPSA) is 90.3 Å². The first-order chi connectivity index (χ1) is 16.6. The summed E-state index contributed by atoms with van der Waals surface area (Å²) in [5.74, 6) is -2.83. The van der Waals surface area contributed by atoms with E-state index < -0.39 is 40.6 Å². The zero-order valence-electron chi connectivity index (χ0n) is 17.9. The van der Waals surface area contributed by atoms with E-state index >= 15 is 0 Å². The van der Waals surface area contributed by atoms with E-state index in [2.05, 4.69) is 10.4 Å². The zero-order chi connectivity index (χ0) is 25.3. The first kappa shape index (κ1) is 24.1. The number of fused-ring (bicyclic) bond motifs is 1. The zero-order valence-corrected chi connectivity index (χ0v) is 18.7. The number of esters is 1. The van der Waals surface area contributed by atoms with E-state index in [0.29, 0.717) is 4.68 Å². The monoisotopic (exact) mass is 505 g/mol. The third kappa shape index (κ3) is 4.52. The van der Waals surface area contributed by atoms with Crippen LogP contribution in [0.1, 0.15) is 33.3 Å². The van der Waals surface area contributed by atoms with Gasteiger partial charge in [0.15, 0.2) is 5.69 Å². The maximum absolute atomic E-state index is 14.5. The normalized spacial score (nSPS) is 11.5. The molecule has 0 atom stereocenters. The highest BCUT2D eigenvalue weighted by Crippen LogP contribution is 2.34. The smallest absolute Gasteiger partial charge is 0.417 e. The van der Waals surface area contributed by atoms with Crippen molar-refractivity contribution in [1.29, 1.82) is 0 Å². The van der Waals surface area contributed by atoms with Gasteiger partial charge in [-0.25, -0.2) is 9.18 Å². The summed E-state index contributed by atoms with van der Waals surface area (Å²) in [6.45, 7) is 1.54. The lowest BCUT2D eigenvalue weighted by atomic mass is 10.1. The van der Waals surface area contributed by atoms with Crippen LogP contribution in [0.4, 0.5) is 22.6 Å². The van der Waals surface area contributed by atoms with Gasteiger partial charge in [0, 0.05) is 10.8 Å². The van der Waals surface area contributed by atoms with E-state index in [0.717, 1.165) is 35.6 Å². The summed E-state index contributed by atoms with van der Waals surface area (Å²) in [5, 5.41) is 7.28. The molecule has 0 radical (unpaired) electrons. The fraction of sp³-hybridized carbons (Fsp3) is 0.130. The van der Waals surface area contributed by atoms with Crippen molar-refractivity contribution in [3.8, 4) is 5.69 Å². The molecule has 180 valence electrons. The minimum absolute atomic E-state index is 0.00504. The van der Waals surface area contributed by atoms with Crippen molar-refractivity contribution in [3.63, 3.8) is 0 Å². The van der Waals surface area contributed by atoms with Crippen LogP contribution in [-0.2, 0) is 10.9 Å². The van der Waals surface area contributed by atoms with Gasteiger partial charge in [-0.3, -0.25) is 9.59 Å². The van der Waals surface area contributed by atoms with E-state index in [1.54, 1.807) is 6.92 Å². The lowest BCUT2D eigenvalue weighted by Gasteiger charge is -2.13. The SMILES string of the molecule is CCOC(=O)c1nn(-c2ccccc2F)c(=O)c2c(NC(=O)c3ccccc3C(F)(F)F)scc12. The number of nitrogens with one attached hydrogen (secondary N) is 1. The van der Waals surface area contributed by atoms with Crippen LogP contribution < -0.4 is 10.9 Å².